The van der Waals surface area contributed by atoms with E-state index in [0.717, 1.165) is 5.56 Å². The predicted molar refractivity (Wildman–Crippen MR) is 102 cm³/mol. The van der Waals surface area contributed by atoms with Crippen molar-refractivity contribution in [1.29, 1.82) is 0 Å². The number of non-ortho nitro benzene ring substituents is 1. The molecule has 0 bridgehead atoms. The van der Waals surface area contributed by atoms with E-state index in [0.29, 0.717) is 21.4 Å². The molecule has 0 fully saturated rings. The number of nitro benzene ring substituents is 1. The van der Waals surface area contributed by atoms with Crippen molar-refractivity contribution in [3.05, 3.63) is 69.4 Å². The van der Waals surface area contributed by atoms with Gasteiger partial charge in [0.2, 0.25) is 0 Å². The fraction of sp³-hybridized carbons (Fsp3) is 0. The molecule has 0 spiro atoms. The van der Waals surface area contributed by atoms with E-state index in [2.05, 4.69) is 15.3 Å². The van der Waals surface area contributed by atoms with Crippen LogP contribution in [0, 0.1) is 10.1 Å². The van der Waals surface area contributed by atoms with Crippen LogP contribution in [0.1, 0.15) is 10.5 Å². The van der Waals surface area contributed by atoms with E-state index < -0.39 is 4.92 Å². The van der Waals surface area contributed by atoms with Gasteiger partial charge in [-0.1, -0.05) is 12.1 Å². The van der Waals surface area contributed by atoms with Crippen LogP contribution in [0.5, 0.6) is 0 Å². The quantitative estimate of drug-likeness (QED) is 0.386. The Labute approximate surface area is 160 Å². The molecule has 3 aromatic heterocycles. The number of amides is 1. The first-order chi connectivity index (χ1) is 13.1. The number of carbonyl (C=O) groups excluding carboxylic acids is 1. The van der Waals surface area contributed by atoms with Crippen molar-refractivity contribution in [3.63, 3.8) is 0 Å². The van der Waals surface area contributed by atoms with Crippen LogP contribution in [0.2, 0.25) is 0 Å². The first-order valence-electron chi connectivity index (χ1n) is 7.60. The van der Waals surface area contributed by atoms with Crippen LogP contribution in [-0.4, -0.2) is 20.8 Å². The minimum Gasteiger partial charge on any atom is -0.472 e. The molecule has 10 heteroatoms. The van der Waals surface area contributed by atoms with Crippen molar-refractivity contribution < 1.29 is 14.1 Å². The fourth-order valence-electron chi connectivity index (χ4n) is 2.30. The zero-order chi connectivity index (χ0) is 18.8. The van der Waals surface area contributed by atoms with E-state index in [4.69, 9.17) is 4.42 Å². The number of benzene rings is 1. The predicted octanol–water partition coefficient (Wildman–Crippen LogP) is 4.69. The lowest BCUT2D eigenvalue weighted by atomic mass is 10.1. The molecule has 4 aromatic rings. The van der Waals surface area contributed by atoms with E-state index in [1.54, 1.807) is 41.5 Å². The lowest BCUT2D eigenvalue weighted by molar-refractivity contribution is -0.384. The summed E-state index contributed by atoms with van der Waals surface area (Å²) in [6.45, 7) is 0. The minimum absolute atomic E-state index is 0.0136. The van der Waals surface area contributed by atoms with Gasteiger partial charge in [0, 0.05) is 34.0 Å². The van der Waals surface area contributed by atoms with Crippen LogP contribution in [0.15, 0.2) is 58.0 Å². The molecule has 1 amide bonds. The lowest BCUT2D eigenvalue weighted by Gasteiger charge is -1.98. The Morgan fingerprint density at radius 1 is 1.15 bits per heavy atom. The van der Waals surface area contributed by atoms with Crippen LogP contribution in [0.4, 0.5) is 10.8 Å². The normalized spacial score (nSPS) is 10.7. The molecule has 0 unspecified atom stereocenters. The molecule has 0 aliphatic carbocycles. The third-order valence-electron chi connectivity index (χ3n) is 3.58. The highest BCUT2D eigenvalue weighted by Gasteiger charge is 2.15. The third kappa shape index (κ3) is 3.61. The molecule has 0 radical (unpaired) electrons. The summed E-state index contributed by atoms with van der Waals surface area (Å²) in [6.07, 6.45) is 3.11. The van der Waals surface area contributed by atoms with Gasteiger partial charge in [-0.2, -0.15) is 0 Å². The highest BCUT2D eigenvalue weighted by Crippen LogP contribution is 2.28. The zero-order valence-corrected chi connectivity index (χ0v) is 15.1. The van der Waals surface area contributed by atoms with Crippen LogP contribution in [0.25, 0.3) is 21.8 Å². The van der Waals surface area contributed by atoms with Crippen molar-refractivity contribution in [3.8, 4) is 21.8 Å². The number of nitrogens with zero attached hydrogens (tertiary/aromatic N) is 3. The van der Waals surface area contributed by atoms with Crippen LogP contribution in [0.3, 0.4) is 0 Å². The summed E-state index contributed by atoms with van der Waals surface area (Å²) in [4.78, 5) is 31.4. The Balaban J connectivity index is 1.50. The average Bonchev–Trinajstić information content (AvgIpc) is 3.42. The largest absolute Gasteiger partial charge is 0.472 e. The smallest absolute Gasteiger partial charge is 0.276 e. The number of rotatable bonds is 5. The molecule has 1 N–H and O–H groups in total. The molecular weight excluding hydrogens is 388 g/mol. The number of aromatic nitrogens is 2. The van der Waals surface area contributed by atoms with E-state index >= 15 is 0 Å². The molecule has 0 saturated heterocycles. The molecule has 1 aromatic carbocycles. The number of nitrogens with one attached hydrogen (secondary N) is 1. The van der Waals surface area contributed by atoms with E-state index in [-0.39, 0.29) is 17.3 Å². The SMILES string of the molecule is O=C(Nc1nc(-c2cccc([N+](=O)[O-])c2)cs1)c1csc(-c2ccoc2)n1. The van der Waals surface area contributed by atoms with Crippen molar-refractivity contribution in [1.82, 2.24) is 9.97 Å². The molecule has 4 rings (SSSR count). The first-order valence-corrected chi connectivity index (χ1v) is 9.36. The Morgan fingerprint density at radius 3 is 2.81 bits per heavy atom. The minimum atomic E-state index is -0.460. The fourth-order valence-corrected chi connectivity index (χ4v) is 3.80. The van der Waals surface area contributed by atoms with Crippen LogP contribution < -0.4 is 5.32 Å². The van der Waals surface area contributed by atoms with Gasteiger partial charge in [0.25, 0.3) is 11.6 Å². The number of hydrogen-bond acceptors (Lipinski definition) is 8. The summed E-state index contributed by atoms with van der Waals surface area (Å²) in [5, 5.41) is 18.1. The monoisotopic (exact) mass is 398 g/mol. The summed E-state index contributed by atoms with van der Waals surface area (Å²) in [5.74, 6) is -0.374. The standard InChI is InChI=1S/C17H10N4O4S2/c22-15(14-9-26-16(18-14)11-4-5-25-7-11)20-17-19-13(8-27-17)10-2-1-3-12(6-10)21(23)24/h1-9H,(H,19,20,22). The maximum absolute atomic E-state index is 12.4. The van der Waals surface area contributed by atoms with E-state index in [1.807, 2.05) is 0 Å². The summed E-state index contributed by atoms with van der Waals surface area (Å²) >= 11 is 2.57. The third-order valence-corrected chi connectivity index (χ3v) is 5.23. The maximum Gasteiger partial charge on any atom is 0.276 e. The van der Waals surface area contributed by atoms with Crippen LogP contribution in [-0.2, 0) is 0 Å². The van der Waals surface area contributed by atoms with Gasteiger partial charge >= 0.3 is 0 Å². The summed E-state index contributed by atoms with van der Waals surface area (Å²) in [6, 6.07) is 7.95. The van der Waals surface area contributed by atoms with E-state index in [1.165, 1.54) is 34.8 Å². The molecule has 0 atom stereocenters. The van der Waals surface area contributed by atoms with Crippen molar-refractivity contribution in [2.45, 2.75) is 0 Å². The highest BCUT2D eigenvalue weighted by molar-refractivity contribution is 7.14. The molecule has 0 saturated carbocycles. The van der Waals surface area contributed by atoms with Gasteiger partial charge in [0.15, 0.2) is 5.13 Å². The van der Waals surface area contributed by atoms with Crippen LogP contribution >= 0.6 is 22.7 Å². The van der Waals surface area contributed by atoms with Crippen molar-refractivity contribution in [2.24, 2.45) is 0 Å². The summed E-state index contributed by atoms with van der Waals surface area (Å²) < 4.78 is 5.02. The Kier molecular flexibility index (Phi) is 4.48. The Bertz CT molecular complexity index is 1120. The molecule has 134 valence electrons. The second-order valence-electron chi connectivity index (χ2n) is 5.35. The summed E-state index contributed by atoms with van der Waals surface area (Å²) in [7, 11) is 0. The zero-order valence-electron chi connectivity index (χ0n) is 13.5. The number of anilines is 1. The van der Waals surface area contributed by atoms with Crippen molar-refractivity contribution >= 4 is 39.4 Å². The van der Waals surface area contributed by atoms with Gasteiger partial charge in [-0.15, -0.1) is 22.7 Å². The molecule has 27 heavy (non-hydrogen) atoms. The molecule has 0 aliphatic heterocycles. The Morgan fingerprint density at radius 2 is 2.04 bits per heavy atom. The highest BCUT2D eigenvalue weighted by atomic mass is 32.1. The molecule has 0 aliphatic rings. The molecule has 8 nitrogen and oxygen atoms in total. The van der Waals surface area contributed by atoms with Crippen molar-refractivity contribution in [2.75, 3.05) is 5.32 Å². The van der Waals surface area contributed by atoms with Gasteiger partial charge in [0.1, 0.15) is 17.0 Å². The topological polar surface area (TPSA) is 111 Å². The summed E-state index contributed by atoms with van der Waals surface area (Å²) in [5.41, 5.74) is 2.23. The molecular formula is C17H10N4O4S2. The second-order valence-corrected chi connectivity index (χ2v) is 7.07. The Hall–Kier alpha value is -3.37. The van der Waals surface area contributed by atoms with Gasteiger partial charge in [-0.25, -0.2) is 9.97 Å². The second kappa shape index (κ2) is 7.09. The number of furan rings is 1. The van der Waals surface area contributed by atoms with Gasteiger partial charge in [-0.3, -0.25) is 20.2 Å². The van der Waals surface area contributed by atoms with Gasteiger partial charge in [0.05, 0.1) is 16.9 Å². The number of thiazole rings is 2. The number of carbonyl (C=O) groups is 1. The van der Waals surface area contributed by atoms with Gasteiger partial charge < -0.3 is 4.42 Å². The van der Waals surface area contributed by atoms with E-state index in [9.17, 15) is 14.9 Å². The first kappa shape index (κ1) is 17.1. The number of nitro groups is 1. The maximum atomic E-state index is 12.4. The average molecular weight is 398 g/mol. The number of hydrogen-bond donors (Lipinski definition) is 1. The lowest BCUT2D eigenvalue weighted by Crippen LogP contribution is -2.12. The molecule has 3 heterocycles. The van der Waals surface area contributed by atoms with Gasteiger partial charge in [-0.05, 0) is 6.07 Å².